The van der Waals surface area contributed by atoms with Gasteiger partial charge >= 0.3 is 5.97 Å². The van der Waals surface area contributed by atoms with E-state index in [4.69, 9.17) is 27.9 Å². The molecule has 0 heterocycles. The first-order chi connectivity index (χ1) is 13.2. The monoisotopic (exact) mass is 446 g/mol. The lowest BCUT2D eigenvalue weighted by Gasteiger charge is -2.14. The summed E-state index contributed by atoms with van der Waals surface area (Å²) in [6, 6.07) is 9.85. The molecule has 0 saturated heterocycles. The molecule has 8 nitrogen and oxygen atoms in total. The summed E-state index contributed by atoms with van der Waals surface area (Å²) in [5, 5.41) is 2.88. The van der Waals surface area contributed by atoms with Gasteiger partial charge in [0.05, 0.1) is 33.3 Å². The van der Waals surface area contributed by atoms with Gasteiger partial charge in [-0.15, -0.1) is 0 Å². The number of carbonyl (C=O) groups is 2. The molecule has 0 unspecified atom stereocenters. The van der Waals surface area contributed by atoms with Crippen LogP contribution in [0.4, 0.5) is 5.69 Å². The Bertz CT molecular complexity index is 997. The maximum Gasteiger partial charge on any atom is 0.338 e. The number of nitrogens with zero attached hydrogens (tertiary/aromatic N) is 1. The molecule has 0 aliphatic heterocycles. The number of hydrogen-bond donors (Lipinski definition) is 1. The molecule has 2 aromatic carbocycles. The predicted octanol–water partition coefficient (Wildman–Crippen LogP) is 2.97. The first kappa shape index (κ1) is 22.1. The summed E-state index contributed by atoms with van der Waals surface area (Å²) in [5.41, 5.74) is 0.227. The summed E-state index contributed by atoms with van der Waals surface area (Å²) in [6.07, 6.45) is 0. The molecule has 11 heteroatoms. The molecule has 28 heavy (non-hydrogen) atoms. The van der Waals surface area contributed by atoms with Gasteiger partial charge in [-0.05, 0) is 30.3 Å². The van der Waals surface area contributed by atoms with Crippen molar-refractivity contribution in [2.24, 2.45) is 0 Å². The number of ether oxygens (including phenoxy) is 1. The Labute approximate surface area is 171 Å². The van der Waals surface area contributed by atoms with Gasteiger partial charge in [-0.1, -0.05) is 39.8 Å². The summed E-state index contributed by atoms with van der Waals surface area (Å²) in [4.78, 5) is 28.6. The Balaban J connectivity index is 2.04. The molecule has 0 bridgehead atoms. The quantitative estimate of drug-likeness (QED) is 0.517. The summed E-state index contributed by atoms with van der Waals surface area (Å²) in [6.45, 7) is -0.601. The highest BCUT2D eigenvalue weighted by atomic mass is 35.5. The van der Waals surface area contributed by atoms with Crippen molar-refractivity contribution in [1.29, 1.82) is 0 Å². The number of rotatable bonds is 7. The fourth-order valence-electron chi connectivity index (χ4n) is 2.03. The summed E-state index contributed by atoms with van der Waals surface area (Å²) < 4.78 is 30.0. The number of sulfonamides is 1. The zero-order valence-corrected chi connectivity index (χ0v) is 17.1. The summed E-state index contributed by atoms with van der Waals surface area (Å²) >= 11 is 11.8. The van der Waals surface area contributed by atoms with Crippen LogP contribution in [0.15, 0.2) is 47.4 Å². The highest BCUT2D eigenvalue weighted by molar-refractivity contribution is 7.89. The third-order valence-corrected chi connectivity index (χ3v) is 6.02. The van der Waals surface area contributed by atoms with Gasteiger partial charge in [-0.3, -0.25) is 9.63 Å². The van der Waals surface area contributed by atoms with Gasteiger partial charge in [-0.25, -0.2) is 13.2 Å². The van der Waals surface area contributed by atoms with E-state index in [9.17, 15) is 18.0 Å². The van der Waals surface area contributed by atoms with Crippen molar-refractivity contribution in [3.05, 3.63) is 58.1 Å². The fraction of sp³-hybridized carbons (Fsp3) is 0.176. The van der Waals surface area contributed by atoms with Gasteiger partial charge in [0.15, 0.2) is 6.61 Å². The molecule has 1 N–H and O–H groups in total. The van der Waals surface area contributed by atoms with Crippen LogP contribution >= 0.6 is 23.2 Å². The molecule has 150 valence electrons. The van der Waals surface area contributed by atoms with E-state index in [-0.39, 0.29) is 26.2 Å². The van der Waals surface area contributed by atoms with Gasteiger partial charge < -0.3 is 10.1 Å². The van der Waals surface area contributed by atoms with E-state index in [1.54, 1.807) is 12.1 Å². The van der Waals surface area contributed by atoms with Crippen LogP contribution in [-0.2, 0) is 24.4 Å². The molecule has 2 rings (SSSR count). The smallest absolute Gasteiger partial charge is 0.338 e. The summed E-state index contributed by atoms with van der Waals surface area (Å²) in [5.74, 6) is -1.51. The van der Waals surface area contributed by atoms with E-state index in [2.05, 4.69) is 10.2 Å². The Morgan fingerprint density at radius 2 is 1.82 bits per heavy atom. The molecule has 0 saturated carbocycles. The number of esters is 1. The first-order valence-corrected chi connectivity index (χ1v) is 9.90. The third kappa shape index (κ3) is 5.21. The molecule has 0 aliphatic rings. The molecule has 2 aromatic rings. The van der Waals surface area contributed by atoms with Crippen molar-refractivity contribution in [2.45, 2.75) is 4.90 Å². The minimum Gasteiger partial charge on any atom is -0.452 e. The largest absolute Gasteiger partial charge is 0.452 e. The van der Waals surface area contributed by atoms with Crippen molar-refractivity contribution < 1.29 is 27.6 Å². The number of hydrogen-bond acceptors (Lipinski definition) is 6. The number of benzene rings is 2. The normalized spacial score (nSPS) is 11.3. The molecule has 0 atom stereocenters. The molecule has 0 aliphatic carbocycles. The van der Waals surface area contributed by atoms with Crippen LogP contribution in [0.5, 0.6) is 0 Å². The van der Waals surface area contributed by atoms with E-state index in [0.717, 1.165) is 6.07 Å². The maximum atomic E-state index is 12.2. The second-order valence-corrected chi connectivity index (χ2v) is 8.07. The topological polar surface area (TPSA) is 102 Å². The number of amides is 1. The second-order valence-electron chi connectivity index (χ2n) is 5.35. The van der Waals surface area contributed by atoms with Crippen LogP contribution in [0.2, 0.25) is 10.0 Å². The van der Waals surface area contributed by atoms with Crippen LogP contribution in [0, 0.1) is 0 Å². The molecular weight excluding hydrogens is 431 g/mol. The average molecular weight is 447 g/mol. The molecule has 0 radical (unpaired) electrons. The van der Waals surface area contributed by atoms with Gasteiger partial charge in [0.1, 0.15) is 0 Å². The van der Waals surface area contributed by atoms with E-state index in [0.29, 0.717) is 4.47 Å². The molecule has 0 aromatic heterocycles. The Kier molecular flexibility index (Phi) is 7.39. The summed E-state index contributed by atoms with van der Waals surface area (Å²) in [7, 11) is -1.52. The number of hydroxylamine groups is 1. The van der Waals surface area contributed by atoms with Gasteiger partial charge in [0.2, 0.25) is 0 Å². The van der Waals surface area contributed by atoms with Crippen molar-refractivity contribution in [3.8, 4) is 0 Å². The molecule has 1 amide bonds. The highest BCUT2D eigenvalue weighted by Crippen LogP contribution is 2.29. The van der Waals surface area contributed by atoms with Crippen molar-refractivity contribution in [3.63, 3.8) is 0 Å². The average Bonchev–Trinajstić information content (AvgIpc) is 2.69. The van der Waals surface area contributed by atoms with Crippen molar-refractivity contribution in [2.75, 3.05) is 26.1 Å². The lowest BCUT2D eigenvalue weighted by Crippen LogP contribution is -2.26. The minimum atomic E-state index is -3.93. The van der Waals surface area contributed by atoms with Crippen LogP contribution in [0.3, 0.4) is 0 Å². The van der Waals surface area contributed by atoms with Gasteiger partial charge in [-0.2, -0.15) is 0 Å². The molecule has 0 fully saturated rings. The molecule has 0 spiro atoms. The first-order valence-electron chi connectivity index (χ1n) is 7.71. The van der Waals surface area contributed by atoms with Gasteiger partial charge in [0.25, 0.3) is 15.9 Å². The fourth-order valence-corrected chi connectivity index (χ4v) is 3.40. The van der Waals surface area contributed by atoms with E-state index < -0.39 is 28.5 Å². The Hall–Kier alpha value is -2.17. The number of carbonyl (C=O) groups excluding carboxylic acids is 2. The lowest BCUT2D eigenvalue weighted by molar-refractivity contribution is -0.119. The Morgan fingerprint density at radius 1 is 1.14 bits per heavy atom. The van der Waals surface area contributed by atoms with Crippen LogP contribution in [-0.4, -0.2) is 45.5 Å². The highest BCUT2D eigenvalue weighted by Gasteiger charge is 2.22. The standard InChI is InChI=1S/C17H16Cl2N2O6S/c1-21(26-2)28(24,25)12-6-3-5-11(9-12)17(23)27-10-15(22)20-14-8-4-7-13(18)16(14)19/h3-9H,10H2,1-2H3,(H,20,22). The Morgan fingerprint density at radius 3 is 2.50 bits per heavy atom. The zero-order valence-electron chi connectivity index (χ0n) is 14.8. The predicted molar refractivity (Wildman–Crippen MR) is 104 cm³/mol. The maximum absolute atomic E-state index is 12.2. The number of nitrogens with one attached hydrogen (secondary N) is 1. The van der Waals surface area contributed by atoms with Crippen LogP contribution in [0.25, 0.3) is 0 Å². The van der Waals surface area contributed by atoms with E-state index in [1.807, 2.05) is 0 Å². The second kappa shape index (κ2) is 9.35. The number of halogens is 2. The minimum absolute atomic E-state index is 0.0424. The van der Waals surface area contributed by atoms with Crippen molar-refractivity contribution in [1.82, 2.24) is 4.47 Å². The van der Waals surface area contributed by atoms with Gasteiger partial charge in [0, 0.05) is 7.05 Å². The van der Waals surface area contributed by atoms with E-state index >= 15 is 0 Å². The molecular formula is C17H16Cl2N2O6S. The zero-order chi connectivity index (χ0) is 20.9. The van der Waals surface area contributed by atoms with Crippen LogP contribution < -0.4 is 5.32 Å². The number of anilines is 1. The van der Waals surface area contributed by atoms with Crippen LogP contribution in [0.1, 0.15) is 10.4 Å². The van der Waals surface area contributed by atoms with Crippen molar-refractivity contribution >= 4 is 50.8 Å². The lowest BCUT2D eigenvalue weighted by atomic mass is 10.2. The van der Waals surface area contributed by atoms with E-state index in [1.165, 1.54) is 38.4 Å². The SMILES string of the molecule is CON(C)S(=O)(=O)c1cccc(C(=O)OCC(=O)Nc2cccc(Cl)c2Cl)c1. The third-order valence-electron chi connectivity index (χ3n) is 3.52.